The van der Waals surface area contributed by atoms with Gasteiger partial charge in [-0.15, -0.1) is 0 Å². The molecule has 6 rings (SSSR count). The Balaban J connectivity index is 1.40. The summed E-state index contributed by atoms with van der Waals surface area (Å²) in [5.74, 6) is 0.0273. The number of amides is 1. The summed E-state index contributed by atoms with van der Waals surface area (Å²) < 4.78 is 33.9. The molecule has 1 amide bonds. The zero-order valence-electron chi connectivity index (χ0n) is 16.5. The van der Waals surface area contributed by atoms with Crippen molar-refractivity contribution in [1.82, 2.24) is 24.5 Å². The van der Waals surface area contributed by atoms with Crippen LogP contribution in [0.5, 0.6) is 0 Å². The Morgan fingerprint density at radius 2 is 2.00 bits per heavy atom. The molecule has 158 valence electrons. The third kappa shape index (κ3) is 2.83. The third-order valence-electron chi connectivity index (χ3n) is 6.66. The van der Waals surface area contributed by atoms with Crippen molar-refractivity contribution in [3.63, 3.8) is 0 Å². The first-order chi connectivity index (χ1) is 15.1. The van der Waals surface area contributed by atoms with Crippen molar-refractivity contribution in [1.29, 1.82) is 0 Å². The number of hydrogen-bond donors (Lipinski definition) is 0. The molecule has 1 unspecified atom stereocenters. The SMILES string of the molecule is O=C(c1ccc2occc2c1)N1C2CC[C@@H]1CC[C@@H]2c1cc(C(F)F)nc2ncnn12. The van der Waals surface area contributed by atoms with E-state index < -0.39 is 6.43 Å². The highest BCUT2D eigenvalue weighted by Crippen LogP contribution is 2.45. The average molecular weight is 423 g/mol. The lowest BCUT2D eigenvalue weighted by atomic mass is 9.86. The van der Waals surface area contributed by atoms with Gasteiger partial charge in [-0.2, -0.15) is 10.1 Å². The molecule has 5 heterocycles. The van der Waals surface area contributed by atoms with Gasteiger partial charge < -0.3 is 9.32 Å². The number of benzene rings is 1. The van der Waals surface area contributed by atoms with Crippen LogP contribution in [0, 0.1) is 0 Å². The highest BCUT2D eigenvalue weighted by molar-refractivity contribution is 5.98. The molecule has 2 aliphatic heterocycles. The Hall–Kier alpha value is -3.36. The average Bonchev–Trinajstić information content (AvgIpc) is 3.50. The number of carbonyl (C=O) groups is 1. The van der Waals surface area contributed by atoms with Crippen molar-refractivity contribution in [2.45, 2.75) is 50.1 Å². The summed E-state index contributed by atoms with van der Waals surface area (Å²) in [6.45, 7) is 0. The van der Waals surface area contributed by atoms with E-state index in [4.69, 9.17) is 4.42 Å². The largest absolute Gasteiger partial charge is 0.464 e. The zero-order chi connectivity index (χ0) is 21.1. The molecule has 2 fully saturated rings. The number of fused-ring (bicyclic) bond motifs is 4. The molecular weight excluding hydrogens is 404 g/mol. The standard InChI is InChI=1S/C22H19F2N5O2/c23-20(24)16-10-18(29-22(27-16)25-11-26-29)15-4-2-14-3-5-17(15)28(14)21(30)13-1-6-19-12(9-13)7-8-31-19/h1,6-11,14-15,17,20H,2-5H2/t14-,15-,17?/m0/s1. The fourth-order valence-electron chi connectivity index (χ4n) is 5.30. The predicted octanol–water partition coefficient (Wildman–Crippen LogP) is 4.36. The van der Waals surface area contributed by atoms with Crippen LogP contribution in [0.15, 0.2) is 47.3 Å². The zero-order valence-corrected chi connectivity index (χ0v) is 16.5. The molecular formula is C22H19F2N5O2. The number of alkyl halides is 2. The van der Waals surface area contributed by atoms with Crippen molar-refractivity contribution < 1.29 is 18.0 Å². The Morgan fingerprint density at radius 1 is 1.13 bits per heavy atom. The highest BCUT2D eigenvalue weighted by Gasteiger charge is 2.46. The molecule has 3 atom stereocenters. The maximum Gasteiger partial charge on any atom is 0.280 e. The summed E-state index contributed by atoms with van der Waals surface area (Å²) >= 11 is 0. The number of piperidine rings is 1. The van der Waals surface area contributed by atoms with Crippen LogP contribution in [-0.2, 0) is 0 Å². The summed E-state index contributed by atoms with van der Waals surface area (Å²) in [6.07, 6.45) is 3.60. The maximum absolute atomic E-state index is 13.5. The van der Waals surface area contributed by atoms with E-state index in [1.165, 1.54) is 16.9 Å². The normalized spacial score (nSPS) is 23.3. The second kappa shape index (κ2) is 6.83. The topological polar surface area (TPSA) is 76.5 Å². The van der Waals surface area contributed by atoms with E-state index in [0.29, 0.717) is 11.3 Å². The predicted molar refractivity (Wildman–Crippen MR) is 107 cm³/mol. The van der Waals surface area contributed by atoms with Crippen LogP contribution in [0.1, 0.15) is 59.8 Å². The fourth-order valence-corrected chi connectivity index (χ4v) is 5.30. The molecule has 0 saturated carbocycles. The van der Waals surface area contributed by atoms with Crippen molar-refractivity contribution in [3.05, 3.63) is 59.9 Å². The molecule has 2 bridgehead atoms. The number of furan rings is 1. The molecule has 2 aliphatic rings. The van der Waals surface area contributed by atoms with Crippen LogP contribution >= 0.6 is 0 Å². The van der Waals surface area contributed by atoms with Crippen molar-refractivity contribution in [2.24, 2.45) is 0 Å². The molecule has 7 nitrogen and oxygen atoms in total. The number of rotatable bonds is 3. The van der Waals surface area contributed by atoms with Crippen LogP contribution in [0.4, 0.5) is 8.78 Å². The van der Waals surface area contributed by atoms with Crippen LogP contribution in [-0.4, -0.2) is 42.5 Å². The van der Waals surface area contributed by atoms with E-state index >= 15 is 0 Å². The molecule has 9 heteroatoms. The van der Waals surface area contributed by atoms with Crippen LogP contribution in [0.3, 0.4) is 0 Å². The van der Waals surface area contributed by atoms with Crippen molar-refractivity contribution in [2.75, 3.05) is 0 Å². The first kappa shape index (κ1) is 18.4. The lowest BCUT2D eigenvalue weighted by Crippen LogP contribution is -2.47. The minimum Gasteiger partial charge on any atom is -0.464 e. The van der Waals surface area contributed by atoms with Crippen LogP contribution in [0.2, 0.25) is 0 Å². The van der Waals surface area contributed by atoms with Gasteiger partial charge in [-0.3, -0.25) is 4.79 Å². The van der Waals surface area contributed by atoms with Gasteiger partial charge in [0.1, 0.15) is 17.6 Å². The van der Waals surface area contributed by atoms with Gasteiger partial charge >= 0.3 is 0 Å². The first-order valence-corrected chi connectivity index (χ1v) is 10.4. The van der Waals surface area contributed by atoms with Crippen molar-refractivity contribution in [3.8, 4) is 0 Å². The molecule has 0 spiro atoms. The maximum atomic E-state index is 13.5. The van der Waals surface area contributed by atoms with Gasteiger partial charge in [0.2, 0.25) is 0 Å². The molecule has 1 aromatic carbocycles. The lowest BCUT2D eigenvalue weighted by Gasteiger charge is -2.40. The van der Waals surface area contributed by atoms with Gasteiger partial charge in [0.15, 0.2) is 0 Å². The Labute approximate surface area is 175 Å². The molecule has 4 aromatic rings. The molecule has 0 N–H and O–H groups in total. The van der Waals surface area contributed by atoms with E-state index in [1.807, 2.05) is 23.1 Å². The number of aromatic nitrogens is 4. The quantitative estimate of drug-likeness (QED) is 0.489. The third-order valence-corrected chi connectivity index (χ3v) is 6.66. The van der Waals surface area contributed by atoms with Gasteiger partial charge in [0, 0.05) is 29.0 Å². The molecule has 0 radical (unpaired) electrons. The Bertz CT molecular complexity index is 1300. The second-order valence-electron chi connectivity index (χ2n) is 8.25. The minimum atomic E-state index is -2.69. The summed E-state index contributed by atoms with van der Waals surface area (Å²) in [7, 11) is 0. The lowest BCUT2D eigenvalue weighted by molar-refractivity contribution is 0.0554. The monoisotopic (exact) mass is 423 g/mol. The Kier molecular flexibility index (Phi) is 4.06. The smallest absolute Gasteiger partial charge is 0.280 e. The van der Waals surface area contributed by atoms with E-state index in [-0.39, 0.29) is 35.4 Å². The number of nitrogens with zero attached hydrogens (tertiary/aromatic N) is 5. The number of halogens is 2. The minimum absolute atomic E-state index is 0.0294. The van der Waals surface area contributed by atoms with E-state index in [9.17, 15) is 13.6 Å². The van der Waals surface area contributed by atoms with Gasteiger partial charge in [0.25, 0.3) is 18.1 Å². The summed E-state index contributed by atoms with van der Waals surface area (Å²) in [6, 6.07) is 8.79. The molecule has 2 saturated heterocycles. The number of hydrogen-bond acceptors (Lipinski definition) is 5. The van der Waals surface area contributed by atoms with Gasteiger partial charge in [-0.1, -0.05) is 0 Å². The van der Waals surface area contributed by atoms with E-state index in [0.717, 1.165) is 36.7 Å². The van der Waals surface area contributed by atoms with E-state index in [1.54, 1.807) is 12.3 Å². The number of carbonyl (C=O) groups excluding carboxylic acids is 1. The van der Waals surface area contributed by atoms with E-state index in [2.05, 4.69) is 15.1 Å². The highest BCUT2D eigenvalue weighted by atomic mass is 19.3. The summed E-state index contributed by atoms with van der Waals surface area (Å²) in [5.41, 5.74) is 1.69. The molecule has 0 aliphatic carbocycles. The molecule has 3 aromatic heterocycles. The van der Waals surface area contributed by atoms with Gasteiger partial charge in [-0.05, 0) is 56.0 Å². The summed E-state index contributed by atoms with van der Waals surface area (Å²) in [4.78, 5) is 23.4. The second-order valence-corrected chi connectivity index (χ2v) is 8.25. The Morgan fingerprint density at radius 3 is 2.87 bits per heavy atom. The van der Waals surface area contributed by atoms with Crippen molar-refractivity contribution >= 4 is 22.7 Å². The van der Waals surface area contributed by atoms with Crippen LogP contribution in [0.25, 0.3) is 16.7 Å². The molecule has 31 heavy (non-hydrogen) atoms. The van der Waals surface area contributed by atoms with Gasteiger partial charge in [0.05, 0.1) is 12.0 Å². The summed E-state index contributed by atoms with van der Waals surface area (Å²) in [5, 5.41) is 5.10. The van der Waals surface area contributed by atoms with Gasteiger partial charge in [-0.25, -0.2) is 18.3 Å². The van der Waals surface area contributed by atoms with Crippen LogP contribution < -0.4 is 0 Å². The fraction of sp³-hybridized carbons (Fsp3) is 0.364. The first-order valence-electron chi connectivity index (χ1n) is 10.4.